The Balaban J connectivity index is 1.80. The van der Waals surface area contributed by atoms with Crippen molar-refractivity contribution < 1.29 is 9.53 Å². The van der Waals surface area contributed by atoms with Crippen molar-refractivity contribution in [1.29, 1.82) is 0 Å². The van der Waals surface area contributed by atoms with Gasteiger partial charge in [-0.3, -0.25) is 4.98 Å². The van der Waals surface area contributed by atoms with Gasteiger partial charge in [0.1, 0.15) is 5.60 Å². The van der Waals surface area contributed by atoms with Gasteiger partial charge < -0.3 is 15.0 Å². The minimum Gasteiger partial charge on any atom is -0.444 e. The van der Waals surface area contributed by atoms with E-state index in [4.69, 9.17) is 4.74 Å². The van der Waals surface area contributed by atoms with Crippen LogP contribution in [0, 0.1) is 0 Å². The molecule has 0 aliphatic carbocycles. The molecule has 1 aliphatic heterocycles. The minimum atomic E-state index is -0.437. The Kier molecular flexibility index (Phi) is 5.17. The molecular weight excluding hydrogens is 266 g/mol. The number of rotatable bonds is 4. The van der Waals surface area contributed by atoms with Gasteiger partial charge in [-0.15, -0.1) is 0 Å². The van der Waals surface area contributed by atoms with Gasteiger partial charge in [-0.2, -0.15) is 0 Å². The van der Waals surface area contributed by atoms with Crippen LogP contribution in [-0.4, -0.2) is 40.7 Å². The molecule has 1 atom stereocenters. The number of nitrogens with zero attached hydrogens (tertiary/aromatic N) is 2. The van der Waals surface area contributed by atoms with Gasteiger partial charge in [0.2, 0.25) is 0 Å². The topological polar surface area (TPSA) is 54.5 Å². The van der Waals surface area contributed by atoms with E-state index in [1.165, 1.54) is 0 Å². The summed E-state index contributed by atoms with van der Waals surface area (Å²) < 4.78 is 5.47. The Bertz CT molecular complexity index is 456. The normalized spacial score (nSPS) is 18.8. The molecule has 5 heteroatoms. The van der Waals surface area contributed by atoms with Crippen molar-refractivity contribution in [3.8, 4) is 0 Å². The van der Waals surface area contributed by atoms with Crippen LogP contribution >= 0.6 is 0 Å². The fourth-order valence-electron chi connectivity index (χ4n) is 2.49. The Morgan fingerprint density at radius 3 is 3.00 bits per heavy atom. The molecule has 1 saturated heterocycles. The summed E-state index contributed by atoms with van der Waals surface area (Å²) in [6.45, 7) is 8.04. The number of pyridine rings is 1. The standard InChI is InChI=1S/C16H25N3O2/c1-16(2,3)21-15(20)19-9-5-7-14(19)12-18-11-13-6-4-8-17-10-13/h4,6,8,10,14,18H,5,7,9,11-12H2,1-3H3/t14-/m1/s1. The second-order valence-corrected chi connectivity index (χ2v) is 6.46. The molecule has 1 aliphatic rings. The molecule has 5 nitrogen and oxygen atoms in total. The van der Waals surface area contributed by atoms with Crippen LogP contribution in [0.15, 0.2) is 24.5 Å². The van der Waals surface area contributed by atoms with E-state index in [2.05, 4.69) is 10.3 Å². The van der Waals surface area contributed by atoms with E-state index in [9.17, 15) is 4.79 Å². The van der Waals surface area contributed by atoms with Crippen molar-refractivity contribution >= 4 is 6.09 Å². The maximum absolute atomic E-state index is 12.2. The predicted octanol–water partition coefficient (Wildman–Crippen LogP) is 2.57. The van der Waals surface area contributed by atoms with E-state index in [0.29, 0.717) is 0 Å². The van der Waals surface area contributed by atoms with E-state index >= 15 is 0 Å². The zero-order valence-corrected chi connectivity index (χ0v) is 13.1. The quantitative estimate of drug-likeness (QED) is 0.926. The monoisotopic (exact) mass is 291 g/mol. The number of amides is 1. The Hall–Kier alpha value is -1.62. The largest absolute Gasteiger partial charge is 0.444 e. The first-order valence-electron chi connectivity index (χ1n) is 7.55. The highest BCUT2D eigenvalue weighted by atomic mass is 16.6. The maximum Gasteiger partial charge on any atom is 0.410 e. The molecule has 0 unspecified atom stereocenters. The summed E-state index contributed by atoms with van der Waals surface area (Å²) in [6.07, 6.45) is 5.49. The summed E-state index contributed by atoms with van der Waals surface area (Å²) >= 11 is 0. The van der Waals surface area contributed by atoms with E-state index in [1.54, 1.807) is 6.20 Å². The van der Waals surface area contributed by atoms with Gasteiger partial charge >= 0.3 is 6.09 Å². The number of carbonyl (C=O) groups excluding carboxylic acids is 1. The number of likely N-dealkylation sites (tertiary alicyclic amines) is 1. The molecule has 1 N–H and O–H groups in total. The molecule has 1 aromatic rings. The Morgan fingerprint density at radius 2 is 2.33 bits per heavy atom. The maximum atomic E-state index is 12.2. The van der Waals surface area contributed by atoms with Crippen molar-refractivity contribution in [2.45, 2.75) is 51.8 Å². The van der Waals surface area contributed by atoms with Crippen molar-refractivity contribution in [3.63, 3.8) is 0 Å². The lowest BCUT2D eigenvalue weighted by atomic mass is 10.2. The lowest BCUT2D eigenvalue weighted by Gasteiger charge is -2.28. The number of aromatic nitrogens is 1. The van der Waals surface area contributed by atoms with Gasteiger partial charge in [-0.25, -0.2) is 4.79 Å². The van der Waals surface area contributed by atoms with Crippen LogP contribution in [0.3, 0.4) is 0 Å². The zero-order valence-electron chi connectivity index (χ0n) is 13.1. The van der Waals surface area contributed by atoms with Crippen LogP contribution < -0.4 is 5.32 Å². The molecule has 0 aromatic carbocycles. The predicted molar refractivity (Wildman–Crippen MR) is 81.9 cm³/mol. The van der Waals surface area contributed by atoms with Gasteiger partial charge in [-0.05, 0) is 45.2 Å². The number of hydrogen-bond acceptors (Lipinski definition) is 4. The van der Waals surface area contributed by atoms with Crippen molar-refractivity contribution in [2.24, 2.45) is 0 Å². The molecule has 1 aromatic heterocycles. The average Bonchev–Trinajstić information content (AvgIpc) is 2.86. The van der Waals surface area contributed by atoms with Crippen LogP contribution in [0.1, 0.15) is 39.2 Å². The van der Waals surface area contributed by atoms with E-state index < -0.39 is 5.60 Å². The third kappa shape index (κ3) is 5.01. The molecule has 2 rings (SSSR count). The third-order valence-corrected chi connectivity index (χ3v) is 3.44. The van der Waals surface area contributed by atoms with Crippen LogP contribution in [-0.2, 0) is 11.3 Å². The Labute approximate surface area is 126 Å². The molecule has 0 saturated carbocycles. The summed E-state index contributed by atoms with van der Waals surface area (Å²) in [5, 5.41) is 3.40. The van der Waals surface area contributed by atoms with Crippen molar-refractivity contribution in [2.75, 3.05) is 13.1 Å². The third-order valence-electron chi connectivity index (χ3n) is 3.44. The molecule has 116 valence electrons. The van der Waals surface area contributed by atoms with Gasteiger partial charge in [0.15, 0.2) is 0 Å². The highest BCUT2D eigenvalue weighted by Gasteiger charge is 2.31. The van der Waals surface area contributed by atoms with Gasteiger partial charge in [-0.1, -0.05) is 6.07 Å². The van der Waals surface area contributed by atoms with Crippen LogP contribution in [0.25, 0.3) is 0 Å². The first kappa shape index (κ1) is 15.8. The highest BCUT2D eigenvalue weighted by molar-refractivity contribution is 5.69. The molecular formula is C16H25N3O2. The lowest BCUT2D eigenvalue weighted by Crippen LogP contribution is -2.44. The fraction of sp³-hybridized carbons (Fsp3) is 0.625. The smallest absolute Gasteiger partial charge is 0.410 e. The van der Waals surface area contributed by atoms with E-state index in [-0.39, 0.29) is 12.1 Å². The number of ether oxygens (including phenoxy) is 1. The van der Waals surface area contributed by atoms with Crippen LogP contribution in [0.4, 0.5) is 4.79 Å². The molecule has 1 amide bonds. The van der Waals surface area contributed by atoms with Gasteiger partial charge in [0.25, 0.3) is 0 Å². The fourth-order valence-corrected chi connectivity index (χ4v) is 2.49. The summed E-state index contributed by atoms with van der Waals surface area (Å²) in [5.41, 5.74) is 0.715. The summed E-state index contributed by atoms with van der Waals surface area (Å²) in [7, 11) is 0. The lowest BCUT2D eigenvalue weighted by molar-refractivity contribution is 0.0226. The van der Waals surface area contributed by atoms with Crippen molar-refractivity contribution in [1.82, 2.24) is 15.2 Å². The van der Waals surface area contributed by atoms with Crippen LogP contribution in [0.2, 0.25) is 0 Å². The molecule has 0 radical (unpaired) electrons. The summed E-state index contributed by atoms with van der Waals surface area (Å²) in [6, 6.07) is 4.19. The van der Waals surface area contributed by atoms with E-state index in [0.717, 1.165) is 38.0 Å². The minimum absolute atomic E-state index is 0.201. The molecule has 21 heavy (non-hydrogen) atoms. The molecule has 0 bridgehead atoms. The average molecular weight is 291 g/mol. The van der Waals surface area contributed by atoms with Gasteiger partial charge in [0.05, 0.1) is 0 Å². The second-order valence-electron chi connectivity index (χ2n) is 6.46. The second kappa shape index (κ2) is 6.89. The number of hydrogen-bond donors (Lipinski definition) is 1. The first-order valence-corrected chi connectivity index (χ1v) is 7.55. The SMILES string of the molecule is CC(C)(C)OC(=O)N1CCC[C@@H]1CNCc1cccnc1. The van der Waals surface area contributed by atoms with E-state index in [1.807, 2.05) is 44.0 Å². The van der Waals surface area contributed by atoms with Crippen molar-refractivity contribution in [3.05, 3.63) is 30.1 Å². The molecule has 2 heterocycles. The van der Waals surface area contributed by atoms with Crippen LogP contribution in [0.5, 0.6) is 0 Å². The van der Waals surface area contributed by atoms with Gasteiger partial charge in [0, 0.05) is 38.1 Å². The summed E-state index contributed by atoms with van der Waals surface area (Å²) in [4.78, 5) is 18.1. The Morgan fingerprint density at radius 1 is 1.52 bits per heavy atom. The summed E-state index contributed by atoms with van der Waals surface area (Å²) in [5.74, 6) is 0. The highest BCUT2D eigenvalue weighted by Crippen LogP contribution is 2.20. The number of carbonyl (C=O) groups is 1. The zero-order chi connectivity index (χ0) is 15.3. The number of nitrogens with one attached hydrogen (secondary N) is 1. The first-order chi connectivity index (χ1) is 9.96. The molecule has 0 spiro atoms. The molecule has 1 fully saturated rings.